The van der Waals surface area contributed by atoms with Gasteiger partial charge in [-0.25, -0.2) is 4.98 Å². The number of hydrogen-bond donors (Lipinski definition) is 0. The van der Waals surface area contributed by atoms with Gasteiger partial charge in [-0.2, -0.15) is 5.10 Å². The predicted molar refractivity (Wildman–Crippen MR) is 83.5 cm³/mol. The average Bonchev–Trinajstić information content (AvgIpc) is 2.96. The first kappa shape index (κ1) is 15.8. The second kappa shape index (κ2) is 6.05. The number of hydrogen-bond acceptors (Lipinski definition) is 3. The third-order valence-corrected chi connectivity index (χ3v) is 3.84. The van der Waals surface area contributed by atoms with Crippen molar-refractivity contribution in [3.05, 3.63) is 11.5 Å². The van der Waals surface area contributed by atoms with Crippen molar-refractivity contribution in [2.24, 2.45) is 7.05 Å². The number of carbonyl (C=O) groups is 1. The Labute approximate surface area is 129 Å². The monoisotopic (exact) mass is 311 g/mol. The van der Waals surface area contributed by atoms with Crippen LogP contribution in [0.4, 0.5) is 0 Å². The quantitative estimate of drug-likeness (QED) is 0.795. The first-order valence-electron chi connectivity index (χ1n) is 7.12. The van der Waals surface area contributed by atoms with Gasteiger partial charge in [-0.15, -0.1) is 11.6 Å². The van der Waals surface area contributed by atoms with Crippen LogP contribution in [0.5, 0.6) is 0 Å². The van der Waals surface area contributed by atoms with Crippen LogP contribution in [-0.2, 0) is 24.1 Å². The van der Waals surface area contributed by atoms with Gasteiger partial charge in [0.1, 0.15) is 17.4 Å². The lowest BCUT2D eigenvalue weighted by molar-refractivity contribution is -0.131. The number of alkyl halides is 1. The normalized spacial score (nSPS) is 12.9. The number of likely N-dealkylation sites (N-methyl/N-ethyl adjacent to an activating group) is 1. The molecule has 0 aliphatic rings. The van der Waals surface area contributed by atoms with Crippen LogP contribution >= 0.6 is 11.6 Å². The molecule has 1 amide bonds. The van der Waals surface area contributed by atoms with Crippen molar-refractivity contribution in [3.8, 4) is 0 Å². The van der Waals surface area contributed by atoms with Gasteiger partial charge in [0.2, 0.25) is 5.91 Å². The maximum absolute atomic E-state index is 12.3. The van der Waals surface area contributed by atoms with E-state index in [2.05, 4.69) is 17.0 Å². The lowest BCUT2D eigenvalue weighted by Gasteiger charge is -2.20. The van der Waals surface area contributed by atoms with E-state index >= 15 is 0 Å². The maximum Gasteiger partial charge on any atom is 0.244 e. The van der Waals surface area contributed by atoms with Gasteiger partial charge < -0.3 is 4.90 Å². The largest absolute Gasteiger partial charge is 0.347 e. The Kier molecular flexibility index (Phi) is 4.56. The van der Waals surface area contributed by atoms with E-state index in [0.717, 1.165) is 29.7 Å². The van der Waals surface area contributed by atoms with Gasteiger partial charge in [-0.1, -0.05) is 13.3 Å². The van der Waals surface area contributed by atoms with Crippen LogP contribution in [0.3, 0.4) is 0 Å². The zero-order valence-corrected chi connectivity index (χ0v) is 14.0. The Morgan fingerprint density at radius 1 is 1.43 bits per heavy atom. The topological polar surface area (TPSA) is 56.0 Å². The molecule has 0 aromatic carbocycles. The van der Waals surface area contributed by atoms with Crippen LogP contribution in [-0.4, -0.2) is 44.2 Å². The first-order chi connectivity index (χ1) is 9.92. The molecule has 0 radical (unpaired) electrons. The molecule has 1 atom stereocenters. The highest BCUT2D eigenvalue weighted by molar-refractivity contribution is 6.16. The van der Waals surface area contributed by atoms with E-state index in [1.807, 2.05) is 18.5 Å². The van der Waals surface area contributed by atoms with Crippen LogP contribution < -0.4 is 0 Å². The maximum atomic E-state index is 12.3. The van der Waals surface area contributed by atoms with Gasteiger partial charge in [-0.3, -0.25) is 14.0 Å². The van der Waals surface area contributed by atoms with E-state index < -0.39 is 0 Å². The summed E-state index contributed by atoms with van der Waals surface area (Å²) in [7, 11) is 5.38. The Balaban J connectivity index is 2.63. The Morgan fingerprint density at radius 2 is 2.10 bits per heavy atom. The number of carbonyl (C=O) groups excluding carboxylic acids is 1. The van der Waals surface area contributed by atoms with Crippen molar-refractivity contribution < 1.29 is 4.79 Å². The van der Waals surface area contributed by atoms with Crippen LogP contribution in [0.1, 0.15) is 37.8 Å². The molecule has 1 unspecified atom stereocenters. The number of halogens is 1. The number of amides is 1. The predicted octanol–water partition coefficient (Wildman–Crippen LogP) is 2.11. The molecule has 21 heavy (non-hydrogen) atoms. The fourth-order valence-electron chi connectivity index (χ4n) is 2.64. The Hall–Kier alpha value is -1.56. The van der Waals surface area contributed by atoms with Crippen molar-refractivity contribution in [3.63, 3.8) is 0 Å². The molecule has 0 N–H and O–H groups in total. The van der Waals surface area contributed by atoms with Gasteiger partial charge in [0, 0.05) is 21.1 Å². The molecular weight excluding hydrogens is 290 g/mol. The highest BCUT2D eigenvalue weighted by atomic mass is 35.5. The third-order valence-electron chi connectivity index (χ3n) is 3.60. The number of imidazole rings is 1. The fourth-order valence-corrected chi connectivity index (χ4v) is 2.83. The summed E-state index contributed by atoms with van der Waals surface area (Å²) in [5.41, 5.74) is 2.68. The summed E-state index contributed by atoms with van der Waals surface area (Å²) in [6.45, 7) is 3.98. The van der Waals surface area contributed by atoms with E-state index in [9.17, 15) is 4.79 Å². The summed E-state index contributed by atoms with van der Waals surface area (Å²) >= 11 is 6.03. The van der Waals surface area contributed by atoms with E-state index in [1.54, 1.807) is 23.7 Å². The van der Waals surface area contributed by atoms with Gasteiger partial charge in [-0.05, 0) is 13.3 Å². The Bertz CT molecular complexity index is 658. The van der Waals surface area contributed by atoms with E-state index in [1.165, 1.54) is 0 Å². The van der Waals surface area contributed by atoms with Crippen LogP contribution in [0.25, 0.3) is 11.2 Å². The summed E-state index contributed by atoms with van der Waals surface area (Å²) in [5, 5.41) is 4.53. The summed E-state index contributed by atoms with van der Waals surface area (Å²) in [6.07, 6.45) is 1.87. The molecule has 0 aliphatic heterocycles. The number of nitrogens with zero attached hydrogens (tertiary/aromatic N) is 5. The molecule has 0 fully saturated rings. The van der Waals surface area contributed by atoms with E-state index in [4.69, 9.17) is 11.6 Å². The highest BCUT2D eigenvalue weighted by Crippen LogP contribution is 2.26. The standard InChI is InChI=1S/C14H22ClN5O/c1-6-7-10-12-13(19(5)17-10)20(11(8-15)16-12)9(2)14(21)18(3)4/h9H,6-8H2,1-5H3. The molecule has 2 aromatic rings. The molecule has 0 spiro atoms. The molecular formula is C14H22ClN5O. The second-order valence-corrected chi connectivity index (χ2v) is 5.70. The molecule has 0 saturated heterocycles. The lowest BCUT2D eigenvalue weighted by atomic mass is 10.2. The first-order valence-corrected chi connectivity index (χ1v) is 7.65. The molecule has 0 aliphatic carbocycles. The highest BCUT2D eigenvalue weighted by Gasteiger charge is 2.26. The van der Waals surface area contributed by atoms with Gasteiger partial charge in [0.25, 0.3) is 0 Å². The minimum absolute atomic E-state index is 0.0129. The van der Waals surface area contributed by atoms with Crippen molar-refractivity contribution in [2.45, 2.75) is 38.6 Å². The molecule has 0 saturated carbocycles. The molecule has 2 rings (SSSR count). The van der Waals surface area contributed by atoms with Gasteiger partial charge in [0.15, 0.2) is 5.65 Å². The van der Waals surface area contributed by atoms with Crippen molar-refractivity contribution in [1.82, 2.24) is 24.2 Å². The molecule has 116 valence electrons. The second-order valence-electron chi connectivity index (χ2n) is 5.43. The molecule has 6 nitrogen and oxygen atoms in total. The average molecular weight is 312 g/mol. The summed E-state index contributed by atoms with van der Waals surface area (Å²) in [5.74, 6) is 0.990. The van der Waals surface area contributed by atoms with Crippen molar-refractivity contribution in [1.29, 1.82) is 0 Å². The van der Waals surface area contributed by atoms with Crippen LogP contribution in [0.15, 0.2) is 0 Å². The zero-order valence-electron chi connectivity index (χ0n) is 13.2. The minimum atomic E-state index is -0.358. The SMILES string of the molecule is CCCc1nn(C)c2c1nc(CCl)n2C(C)C(=O)N(C)C. The van der Waals surface area contributed by atoms with Gasteiger partial charge >= 0.3 is 0 Å². The Morgan fingerprint density at radius 3 is 2.62 bits per heavy atom. The van der Waals surface area contributed by atoms with Crippen molar-refractivity contribution in [2.75, 3.05) is 14.1 Å². The lowest BCUT2D eigenvalue weighted by Crippen LogP contribution is -2.31. The smallest absolute Gasteiger partial charge is 0.244 e. The molecule has 2 aromatic heterocycles. The van der Waals surface area contributed by atoms with Crippen LogP contribution in [0.2, 0.25) is 0 Å². The number of fused-ring (bicyclic) bond motifs is 1. The van der Waals surface area contributed by atoms with E-state index in [0.29, 0.717) is 5.82 Å². The van der Waals surface area contributed by atoms with Crippen LogP contribution in [0, 0.1) is 0 Å². The molecule has 0 bridgehead atoms. The fraction of sp³-hybridized carbons (Fsp3) is 0.643. The zero-order chi connectivity index (χ0) is 15.7. The van der Waals surface area contributed by atoms with Gasteiger partial charge in [0.05, 0.1) is 11.6 Å². The third kappa shape index (κ3) is 2.64. The number of aromatic nitrogens is 4. The minimum Gasteiger partial charge on any atom is -0.347 e. The van der Waals surface area contributed by atoms with Crippen molar-refractivity contribution >= 4 is 28.7 Å². The van der Waals surface area contributed by atoms with E-state index in [-0.39, 0.29) is 17.8 Å². The number of rotatable bonds is 5. The summed E-state index contributed by atoms with van der Waals surface area (Å²) in [4.78, 5) is 18.5. The summed E-state index contributed by atoms with van der Waals surface area (Å²) < 4.78 is 3.69. The molecule has 7 heteroatoms. The molecule has 2 heterocycles. The number of aryl methyl sites for hydroxylation is 2. The summed E-state index contributed by atoms with van der Waals surface area (Å²) in [6, 6.07) is -0.358.